The van der Waals surface area contributed by atoms with Crippen molar-refractivity contribution in [3.8, 4) is 5.75 Å². The maximum absolute atomic E-state index is 12.9. The molecule has 1 aromatic carbocycles. The summed E-state index contributed by atoms with van der Waals surface area (Å²) < 4.78 is 13.7. The molecule has 2 aliphatic rings. The number of carbonyl (C=O) groups is 1. The van der Waals surface area contributed by atoms with Crippen LogP contribution < -0.4 is 4.74 Å². The van der Waals surface area contributed by atoms with E-state index in [9.17, 15) is 4.79 Å². The second-order valence-corrected chi connectivity index (χ2v) is 7.02. The van der Waals surface area contributed by atoms with E-state index in [1.54, 1.807) is 11.0 Å². The third-order valence-corrected chi connectivity index (χ3v) is 5.14. The molecule has 1 spiro atoms. The fourth-order valence-corrected chi connectivity index (χ4v) is 3.69. The summed E-state index contributed by atoms with van der Waals surface area (Å²) in [5.74, 6) is 1.06. The molecule has 26 heavy (non-hydrogen) atoms. The van der Waals surface area contributed by atoms with E-state index >= 15 is 0 Å². The molecule has 138 valence electrons. The van der Waals surface area contributed by atoms with Gasteiger partial charge in [-0.2, -0.15) is 5.10 Å². The highest BCUT2D eigenvalue weighted by Crippen LogP contribution is 2.35. The van der Waals surface area contributed by atoms with Crippen molar-refractivity contribution in [3.63, 3.8) is 0 Å². The van der Waals surface area contributed by atoms with Crippen molar-refractivity contribution in [2.75, 3.05) is 19.8 Å². The van der Waals surface area contributed by atoms with E-state index in [0.29, 0.717) is 39.3 Å². The first-order valence-corrected chi connectivity index (χ1v) is 9.19. The summed E-state index contributed by atoms with van der Waals surface area (Å²) in [5.41, 5.74) is 0.729. The first kappa shape index (κ1) is 17.0. The van der Waals surface area contributed by atoms with Crippen LogP contribution in [-0.4, -0.2) is 50.9 Å². The predicted octanol–water partition coefficient (Wildman–Crippen LogP) is 2.03. The smallest absolute Gasteiger partial charge is 0.223 e. The van der Waals surface area contributed by atoms with Gasteiger partial charge in [0.25, 0.3) is 0 Å². The molecule has 0 unspecified atom stereocenters. The molecular formula is C19H24N4O3. The number of ether oxygens (including phenoxy) is 2. The lowest BCUT2D eigenvalue weighted by Gasteiger charge is -2.39. The van der Waals surface area contributed by atoms with Crippen molar-refractivity contribution in [3.05, 3.63) is 42.5 Å². The van der Waals surface area contributed by atoms with Crippen LogP contribution in [0, 0.1) is 0 Å². The minimum absolute atomic E-state index is 0.163. The number of amides is 1. The Balaban J connectivity index is 1.48. The van der Waals surface area contributed by atoms with Crippen LogP contribution in [0.3, 0.4) is 0 Å². The highest BCUT2D eigenvalue weighted by Gasteiger charge is 2.40. The normalized spacial score (nSPS) is 18.8. The zero-order valence-corrected chi connectivity index (χ0v) is 14.8. The van der Waals surface area contributed by atoms with E-state index in [1.807, 2.05) is 29.2 Å². The lowest BCUT2D eigenvalue weighted by molar-refractivity contribution is -0.136. The molecule has 0 saturated carbocycles. The number of hydrogen-bond donors (Lipinski definition) is 0. The summed E-state index contributed by atoms with van der Waals surface area (Å²) in [5, 5.41) is 4.09. The van der Waals surface area contributed by atoms with Crippen LogP contribution in [0.4, 0.5) is 0 Å². The minimum Gasteiger partial charge on any atom is -0.485 e. The third-order valence-electron chi connectivity index (χ3n) is 5.14. The maximum Gasteiger partial charge on any atom is 0.223 e. The van der Waals surface area contributed by atoms with Gasteiger partial charge in [-0.05, 0) is 12.5 Å². The Hall–Kier alpha value is -2.41. The molecule has 0 atom stereocenters. The number of nitrogens with zero attached hydrogens (tertiary/aromatic N) is 4. The van der Waals surface area contributed by atoms with Gasteiger partial charge in [-0.1, -0.05) is 18.2 Å². The van der Waals surface area contributed by atoms with Gasteiger partial charge in [0.05, 0.1) is 19.8 Å². The Morgan fingerprint density at radius 1 is 1.23 bits per heavy atom. The summed E-state index contributed by atoms with van der Waals surface area (Å²) >= 11 is 0. The molecular weight excluding hydrogens is 332 g/mol. The Bertz CT molecular complexity index is 741. The summed E-state index contributed by atoms with van der Waals surface area (Å²) in [7, 11) is 0. The fraction of sp³-hybridized carbons (Fsp3) is 0.526. The first-order chi connectivity index (χ1) is 12.7. The van der Waals surface area contributed by atoms with Crippen LogP contribution >= 0.6 is 0 Å². The van der Waals surface area contributed by atoms with Crippen LogP contribution in [0.5, 0.6) is 5.75 Å². The quantitative estimate of drug-likeness (QED) is 0.838. The summed E-state index contributed by atoms with van der Waals surface area (Å²) in [6.45, 7) is 3.27. The molecule has 1 aromatic heterocycles. The zero-order chi connectivity index (χ0) is 17.8. The van der Waals surface area contributed by atoms with Crippen molar-refractivity contribution in [2.24, 2.45) is 0 Å². The highest BCUT2D eigenvalue weighted by atomic mass is 16.5. The van der Waals surface area contributed by atoms with Crippen molar-refractivity contribution in [1.29, 1.82) is 0 Å². The van der Waals surface area contributed by atoms with Gasteiger partial charge in [0, 0.05) is 37.9 Å². The molecule has 7 heteroatoms. The Kier molecular flexibility index (Phi) is 4.88. The first-order valence-electron chi connectivity index (χ1n) is 9.19. The standard InChI is InChI=1S/C19H24N4O3/c24-18(6-3-9-23-15-20-14-21-23)22-12-16-4-1-2-5-17(16)26-19(13-22)7-10-25-11-8-19/h1-2,4-5,14-15H,3,6-13H2. The van der Waals surface area contributed by atoms with Crippen molar-refractivity contribution in [1.82, 2.24) is 19.7 Å². The van der Waals surface area contributed by atoms with Gasteiger partial charge in [-0.25, -0.2) is 4.98 Å². The largest absolute Gasteiger partial charge is 0.485 e. The van der Waals surface area contributed by atoms with E-state index in [2.05, 4.69) is 10.1 Å². The molecule has 0 aliphatic carbocycles. The molecule has 7 nitrogen and oxygen atoms in total. The number of rotatable bonds is 4. The van der Waals surface area contributed by atoms with Crippen molar-refractivity contribution < 1.29 is 14.3 Å². The topological polar surface area (TPSA) is 69.5 Å². The fourth-order valence-electron chi connectivity index (χ4n) is 3.69. The van der Waals surface area contributed by atoms with Crippen LogP contribution in [0.1, 0.15) is 31.2 Å². The minimum atomic E-state index is -0.341. The summed E-state index contributed by atoms with van der Waals surface area (Å²) in [4.78, 5) is 18.8. The Morgan fingerprint density at radius 3 is 2.88 bits per heavy atom. The number of fused-ring (bicyclic) bond motifs is 1. The molecule has 3 heterocycles. The van der Waals surface area contributed by atoms with E-state index < -0.39 is 0 Å². The van der Waals surface area contributed by atoms with Crippen molar-refractivity contribution >= 4 is 5.91 Å². The monoisotopic (exact) mass is 356 g/mol. The number of benzene rings is 1. The number of carbonyl (C=O) groups excluding carboxylic acids is 1. The van der Waals surface area contributed by atoms with E-state index in [-0.39, 0.29) is 11.5 Å². The van der Waals surface area contributed by atoms with Gasteiger partial charge in [-0.3, -0.25) is 9.48 Å². The van der Waals surface area contributed by atoms with Crippen LogP contribution in [0.15, 0.2) is 36.9 Å². The van der Waals surface area contributed by atoms with Gasteiger partial charge in [-0.15, -0.1) is 0 Å². The second kappa shape index (κ2) is 7.45. The van der Waals surface area contributed by atoms with Crippen LogP contribution in [-0.2, 0) is 22.6 Å². The molecule has 4 rings (SSSR count). The Labute approximate surface area is 152 Å². The number of aromatic nitrogens is 3. The van der Waals surface area contributed by atoms with Crippen LogP contribution in [0.25, 0.3) is 0 Å². The van der Waals surface area contributed by atoms with E-state index in [1.165, 1.54) is 6.33 Å². The second-order valence-electron chi connectivity index (χ2n) is 7.02. The molecule has 1 fully saturated rings. The Morgan fingerprint density at radius 2 is 2.08 bits per heavy atom. The summed E-state index contributed by atoms with van der Waals surface area (Å²) in [6, 6.07) is 8.04. The van der Waals surface area contributed by atoms with Gasteiger partial charge < -0.3 is 14.4 Å². The van der Waals surface area contributed by atoms with Crippen molar-refractivity contribution in [2.45, 2.75) is 44.4 Å². The average Bonchev–Trinajstić information content (AvgIpc) is 3.11. The lowest BCUT2D eigenvalue weighted by Crippen LogP contribution is -2.50. The SMILES string of the molecule is O=C(CCCn1cncn1)N1Cc2ccccc2OC2(CCOCC2)C1. The molecule has 2 aliphatic heterocycles. The van der Waals surface area contributed by atoms with Gasteiger partial charge in [0.1, 0.15) is 24.0 Å². The van der Waals surface area contributed by atoms with Gasteiger partial charge in [0.2, 0.25) is 5.91 Å². The van der Waals surface area contributed by atoms with Gasteiger partial charge >= 0.3 is 0 Å². The van der Waals surface area contributed by atoms with E-state index in [4.69, 9.17) is 9.47 Å². The van der Waals surface area contributed by atoms with Crippen LogP contribution in [0.2, 0.25) is 0 Å². The zero-order valence-electron chi connectivity index (χ0n) is 14.8. The maximum atomic E-state index is 12.9. The van der Waals surface area contributed by atoms with E-state index in [0.717, 1.165) is 30.6 Å². The average molecular weight is 356 g/mol. The summed E-state index contributed by atoms with van der Waals surface area (Å²) in [6.07, 6.45) is 6.05. The third kappa shape index (κ3) is 3.72. The number of para-hydroxylation sites is 1. The molecule has 1 saturated heterocycles. The molecule has 1 amide bonds. The molecule has 0 bridgehead atoms. The number of hydrogen-bond acceptors (Lipinski definition) is 5. The highest BCUT2D eigenvalue weighted by molar-refractivity contribution is 5.76. The molecule has 2 aromatic rings. The molecule has 0 radical (unpaired) electrons. The van der Waals surface area contributed by atoms with Gasteiger partial charge in [0.15, 0.2) is 0 Å². The molecule has 0 N–H and O–H groups in total. The predicted molar refractivity (Wildman–Crippen MR) is 94.5 cm³/mol. The number of aryl methyl sites for hydroxylation is 1. The lowest BCUT2D eigenvalue weighted by atomic mass is 9.93.